The zero-order valence-corrected chi connectivity index (χ0v) is 25.2. The Kier molecular flexibility index (Phi) is 7.94. The van der Waals surface area contributed by atoms with Crippen LogP contribution in [0.3, 0.4) is 0 Å². The predicted molar refractivity (Wildman–Crippen MR) is 164 cm³/mol. The maximum absolute atomic E-state index is 14.1. The number of rotatable bonds is 6. The summed E-state index contributed by atoms with van der Waals surface area (Å²) in [4.78, 5) is 51.6. The van der Waals surface area contributed by atoms with Crippen LogP contribution in [-0.4, -0.2) is 54.5 Å². The van der Waals surface area contributed by atoms with Crippen molar-refractivity contribution in [2.45, 2.75) is 72.2 Å². The van der Waals surface area contributed by atoms with Crippen molar-refractivity contribution in [2.24, 2.45) is 7.05 Å². The standard InChI is InChI=1S/C31H39N7O4/c1-20(2)14-17-37-25-26(34-28(37)36-16-9-11-22(18-36)33-29(40)42-31(3,4)5)35(6)30(41)38(27(25)39)19-24-23-12-8-7-10-21(23)13-15-32-24/h7-8,10,12-15,22H,9,11,16-19H2,1-6H3,(H,33,40). The summed E-state index contributed by atoms with van der Waals surface area (Å²) in [7, 11) is 1.64. The first-order chi connectivity index (χ1) is 19.9. The number of piperidine rings is 1. The van der Waals surface area contributed by atoms with Crippen LogP contribution >= 0.6 is 0 Å². The SMILES string of the molecule is CC(C)=CCn1c(N2CCCC(NC(=O)OC(C)(C)C)C2)nc2c1c(=O)n(Cc1nccc3ccccc13)c(=O)n2C. The normalized spacial score (nSPS) is 15.7. The van der Waals surface area contributed by atoms with Crippen LogP contribution in [0, 0.1) is 0 Å². The van der Waals surface area contributed by atoms with E-state index in [1.807, 2.05) is 75.6 Å². The molecular formula is C31H39N7O4. The number of pyridine rings is 1. The monoisotopic (exact) mass is 573 g/mol. The lowest BCUT2D eigenvalue weighted by atomic mass is 10.1. The molecule has 1 saturated heterocycles. The van der Waals surface area contributed by atoms with Gasteiger partial charge in [-0.2, -0.15) is 4.98 Å². The molecule has 1 fully saturated rings. The summed E-state index contributed by atoms with van der Waals surface area (Å²) in [6.07, 6.45) is 4.89. The van der Waals surface area contributed by atoms with E-state index in [0.29, 0.717) is 42.4 Å². The third kappa shape index (κ3) is 5.95. The number of fused-ring (bicyclic) bond motifs is 2. The van der Waals surface area contributed by atoms with Gasteiger partial charge >= 0.3 is 11.8 Å². The van der Waals surface area contributed by atoms with Crippen LogP contribution in [-0.2, 0) is 24.9 Å². The van der Waals surface area contributed by atoms with Gasteiger partial charge in [-0.3, -0.25) is 18.9 Å². The first-order valence-corrected chi connectivity index (χ1v) is 14.3. The second kappa shape index (κ2) is 11.5. The lowest BCUT2D eigenvalue weighted by molar-refractivity contribution is 0.0499. The molecule has 0 spiro atoms. The van der Waals surface area contributed by atoms with Crippen LogP contribution in [0.2, 0.25) is 0 Å². The van der Waals surface area contributed by atoms with E-state index in [0.717, 1.165) is 29.2 Å². The summed E-state index contributed by atoms with van der Waals surface area (Å²) in [6.45, 7) is 11.1. The number of carbonyl (C=O) groups is 1. The Bertz CT molecular complexity index is 1780. The number of nitrogens with one attached hydrogen (secondary N) is 1. The Balaban J connectivity index is 1.58. The van der Waals surface area contributed by atoms with Crippen molar-refractivity contribution in [3.8, 4) is 0 Å². The van der Waals surface area contributed by atoms with Gasteiger partial charge in [-0.1, -0.05) is 35.9 Å². The number of imidazole rings is 1. The highest BCUT2D eigenvalue weighted by atomic mass is 16.6. The van der Waals surface area contributed by atoms with Gasteiger partial charge < -0.3 is 19.5 Å². The minimum atomic E-state index is -0.594. The molecule has 0 bridgehead atoms. The van der Waals surface area contributed by atoms with Gasteiger partial charge in [0, 0.05) is 44.3 Å². The van der Waals surface area contributed by atoms with E-state index in [1.54, 1.807) is 13.2 Å². The van der Waals surface area contributed by atoms with E-state index < -0.39 is 22.9 Å². The molecule has 1 amide bonds. The fourth-order valence-corrected chi connectivity index (χ4v) is 5.40. The van der Waals surface area contributed by atoms with Crippen LogP contribution in [0.15, 0.2) is 57.8 Å². The molecule has 11 nitrogen and oxygen atoms in total. The number of ether oxygens (including phenoxy) is 1. The molecule has 5 rings (SSSR count). The molecule has 1 aromatic carbocycles. The van der Waals surface area contributed by atoms with Crippen LogP contribution in [0.25, 0.3) is 21.9 Å². The fraction of sp³-hybridized carbons (Fsp3) is 0.452. The highest BCUT2D eigenvalue weighted by Crippen LogP contribution is 2.24. The van der Waals surface area contributed by atoms with E-state index in [2.05, 4.69) is 15.2 Å². The molecule has 0 aliphatic carbocycles. The number of allylic oxidation sites excluding steroid dienone is 2. The Morgan fingerprint density at radius 1 is 1.14 bits per heavy atom. The molecule has 222 valence electrons. The van der Waals surface area contributed by atoms with Crippen molar-refractivity contribution < 1.29 is 9.53 Å². The van der Waals surface area contributed by atoms with Gasteiger partial charge in [-0.05, 0) is 58.9 Å². The van der Waals surface area contributed by atoms with Crippen LogP contribution < -0.4 is 21.5 Å². The topological polar surface area (TPSA) is 116 Å². The summed E-state index contributed by atoms with van der Waals surface area (Å²) in [5.41, 5.74) is 0.958. The van der Waals surface area contributed by atoms with E-state index in [9.17, 15) is 14.4 Å². The van der Waals surface area contributed by atoms with Crippen LogP contribution in [0.5, 0.6) is 0 Å². The molecule has 4 aromatic rings. The quantitative estimate of drug-likeness (QED) is 0.347. The minimum absolute atomic E-state index is 0.0392. The number of alkyl carbamates (subject to hydrolysis) is 1. The smallest absolute Gasteiger partial charge is 0.407 e. The number of aromatic nitrogens is 5. The lowest BCUT2D eigenvalue weighted by Gasteiger charge is -2.34. The average molecular weight is 574 g/mol. The Morgan fingerprint density at radius 3 is 2.64 bits per heavy atom. The summed E-state index contributed by atoms with van der Waals surface area (Å²) < 4.78 is 10.0. The second-order valence-corrected chi connectivity index (χ2v) is 12.1. The number of benzene rings is 1. The summed E-state index contributed by atoms with van der Waals surface area (Å²) in [5.74, 6) is 0.589. The Hall–Kier alpha value is -4.41. The number of anilines is 1. The first kappa shape index (κ1) is 29.1. The van der Waals surface area contributed by atoms with Crippen molar-refractivity contribution in [2.75, 3.05) is 18.0 Å². The lowest BCUT2D eigenvalue weighted by Crippen LogP contribution is -2.49. The maximum atomic E-state index is 14.1. The molecule has 3 aromatic heterocycles. The van der Waals surface area contributed by atoms with Gasteiger partial charge in [0.25, 0.3) is 5.56 Å². The van der Waals surface area contributed by atoms with E-state index in [1.165, 1.54) is 9.13 Å². The minimum Gasteiger partial charge on any atom is -0.444 e. The molecule has 4 heterocycles. The van der Waals surface area contributed by atoms with Gasteiger partial charge in [-0.15, -0.1) is 0 Å². The Labute approximate surface area is 244 Å². The molecule has 1 aliphatic rings. The number of aryl methyl sites for hydroxylation is 1. The average Bonchev–Trinajstić information content (AvgIpc) is 3.32. The number of hydrogen-bond donors (Lipinski definition) is 1. The van der Waals surface area contributed by atoms with Gasteiger partial charge in [0.1, 0.15) is 5.60 Å². The van der Waals surface area contributed by atoms with E-state index >= 15 is 0 Å². The largest absolute Gasteiger partial charge is 0.444 e. The van der Waals surface area contributed by atoms with Gasteiger partial charge in [0.2, 0.25) is 5.95 Å². The summed E-state index contributed by atoms with van der Waals surface area (Å²) in [5, 5.41) is 4.86. The molecule has 1 unspecified atom stereocenters. The molecule has 1 N–H and O–H groups in total. The van der Waals surface area contributed by atoms with Gasteiger partial charge in [0.15, 0.2) is 11.2 Å². The van der Waals surface area contributed by atoms with Crippen molar-refractivity contribution in [3.63, 3.8) is 0 Å². The van der Waals surface area contributed by atoms with Crippen molar-refractivity contribution in [1.82, 2.24) is 29.0 Å². The number of nitrogens with zero attached hydrogens (tertiary/aromatic N) is 6. The third-order valence-corrected chi connectivity index (χ3v) is 7.38. The van der Waals surface area contributed by atoms with Crippen LogP contribution in [0.1, 0.15) is 53.2 Å². The van der Waals surface area contributed by atoms with Gasteiger partial charge in [-0.25, -0.2) is 9.59 Å². The highest BCUT2D eigenvalue weighted by Gasteiger charge is 2.29. The summed E-state index contributed by atoms with van der Waals surface area (Å²) in [6, 6.07) is 9.55. The zero-order chi connectivity index (χ0) is 30.2. The highest BCUT2D eigenvalue weighted by molar-refractivity contribution is 5.84. The first-order valence-electron chi connectivity index (χ1n) is 14.3. The fourth-order valence-electron chi connectivity index (χ4n) is 5.40. The van der Waals surface area contributed by atoms with Crippen LogP contribution in [0.4, 0.5) is 10.7 Å². The predicted octanol–water partition coefficient (Wildman–Crippen LogP) is 3.95. The van der Waals surface area contributed by atoms with Crippen molar-refractivity contribution in [3.05, 3.63) is 74.7 Å². The third-order valence-electron chi connectivity index (χ3n) is 7.38. The van der Waals surface area contributed by atoms with Crippen molar-refractivity contribution >= 4 is 34.0 Å². The molecule has 0 saturated carbocycles. The van der Waals surface area contributed by atoms with Gasteiger partial charge in [0.05, 0.1) is 12.2 Å². The number of amides is 1. The molecule has 11 heteroatoms. The zero-order valence-electron chi connectivity index (χ0n) is 25.2. The molecule has 0 radical (unpaired) electrons. The van der Waals surface area contributed by atoms with E-state index in [-0.39, 0.29) is 12.6 Å². The maximum Gasteiger partial charge on any atom is 0.407 e. The number of carbonyl (C=O) groups excluding carboxylic acids is 1. The summed E-state index contributed by atoms with van der Waals surface area (Å²) >= 11 is 0. The molecule has 1 atom stereocenters. The Morgan fingerprint density at radius 2 is 1.90 bits per heavy atom. The second-order valence-electron chi connectivity index (χ2n) is 12.1. The van der Waals surface area contributed by atoms with Crippen molar-refractivity contribution in [1.29, 1.82) is 0 Å². The molecule has 42 heavy (non-hydrogen) atoms. The molecular weight excluding hydrogens is 534 g/mol. The number of hydrogen-bond acceptors (Lipinski definition) is 7. The van der Waals surface area contributed by atoms with E-state index in [4.69, 9.17) is 9.72 Å². The molecule has 1 aliphatic heterocycles.